The van der Waals surface area contributed by atoms with Crippen LogP contribution in [0.1, 0.15) is 19.8 Å². The number of benzene rings is 2. The number of H-pyrrole nitrogens is 1. The standard InChI is InChI=1S/C29H33N3O5S.ClH/c1-2-35-29(34)37-21-32(16-13-31(14-17-32)26-6-5-7-27-24(26)12-19-38-27)15-3-4-18-36-23-10-8-22-9-11-28(33)30-25(22)20-23;/h5-12,19-20H,2-4,13-18,21H2,1H3;1H. The number of anilines is 1. The highest BCUT2D eigenvalue weighted by atomic mass is 35.5. The molecule has 0 bridgehead atoms. The largest absolute Gasteiger partial charge is 1.00 e. The van der Waals surface area contributed by atoms with Gasteiger partial charge in [0.1, 0.15) is 5.75 Å². The van der Waals surface area contributed by atoms with E-state index in [9.17, 15) is 9.59 Å². The molecular weight excluding hydrogens is 538 g/mol. The molecule has 0 saturated carbocycles. The minimum Gasteiger partial charge on any atom is -1.00 e. The quantitative estimate of drug-likeness (QED) is 0.179. The van der Waals surface area contributed by atoms with E-state index in [1.165, 1.54) is 21.8 Å². The number of carbonyl (C=O) groups excluding carboxylic acids is 1. The third-order valence-electron chi connectivity index (χ3n) is 7.21. The van der Waals surface area contributed by atoms with Crippen LogP contribution in [0.5, 0.6) is 5.75 Å². The van der Waals surface area contributed by atoms with Crippen molar-refractivity contribution in [2.45, 2.75) is 19.8 Å². The van der Waals surface area contributed by atoms with Gasteiger partial charge in [0.25, 0.3) is 0 Å². The molecule has 0 spiro atoms. The summed E-state index contributed by atoms with van der Waals surface area (Å²) in [5.74, 6) is 0.741. The number of fused-ring (bicyclic) bond motifs is 2. The van der Waals surface area contributed by atoms with E-state index < -0.39 is 6.16 Å². The SMILES string of the molecule is CCOC(=O)OC[N+]1(CCCCOc2ccc3ccc(=O)[nH]c3c2)CCN(c2cccc3sccc23)CC1.[Cl-]. The molecule has 2 aromatic heterocycles. The molecule has 8 nitrogen and oxygen atoms in total. The summed E-state index contributed by atoms with van der Waals surface area (Å²) in [4.78, 5) is 28.9. The van der Waals surface area contributed by atoms with Gasteiger partial charge in [-0.1, -0.05) is 6.07 Å². The second-order valence-electron chi connectivity index (χ2n) is 9.69. The van der Waals surface area contributed by atoms with Gasteiger partial charge in [0.05, 0.1) is 51.5 Å². The number of quaternary nitrogens is 1. The fraction of sp³-hybridized carbons (Fsp3) is 0.379. The predicted octanol–water partition coefficient (Wildman–Crippen LogP) is 2.37. The first-order valence-corrected chi connectivity index (χ1v) is 14.0. The first kappa shape index (κ1) is 28.7. The molecule has 0 radical (unpaired) electrons. The Morgan fingerprint density at radius 2 is 1.87 bits per heavy atom. The van der Waals surface area contributed by atoms with Gasteiger partial charge >= 0.3 is 6.16 Å². The van der Waals surface area contributed by atoms with Crippen molar-refractivity contribution in [1.29, 1.82) is 0 Å². The first-order chi connectivity index (χ1) is 18.5. The van der Waals surface area contributed by atoms with E-state index >= 15 is 0 Å². The summed E-state index contributed by atoms with van der Waals surface area (Å²) in [6.45, 7) is 7.43. The van der Waals surface area contributed by atoms with Crippen LogP contribution in [0.25, 0.3) is 21.0 Å². The summed E-state index contributed by atoms with van der Waals surface area (Å²) < 4.78 is 18.5. The molecule has 5 rings (SSSR count). The number of halogens is 1. The zero-order chi connectivity index (χ0) is 26.4. The van der Waals surface area contributed by atoms with Gasteiger partial charge in [-0.15, -0.1) is 11.3 Å². The topological polar surface area (TPSA) is 80.9 Å². The number of nitrogens with one attached hydrogen (secondary N) is 1. The highest BCUT2D eigenvalue weighted by molar-refractivity contribution is 7.17. The monoisotopic (exact) mass is 571 g/mol. The smallest absolute Gasteiger partial charge is 0.512 e. The normalized spacial score (nSPS) is 14.6. The van der Waals surface area contributed by atoms with E-state index in [4.69, 9.17) is 14.2 Å². The second kappa shape index (κ2) is 13.2. The molecule has 0 atom stereocenters. The van der Waals surface area contributed by atoms with E-state index in [1.54, 1.807) is 24.3 Å². The lowest BCUT2D eigenvalue weighted by atomic mass is 10.1. The second-order valence-corrected chi connectivity index (χ2v) is 10.6. The molecule has 1 fully saturated rings. The molecule has 4 aromatic rings. The van der Waals surface area contributed by atoms with Gasteiger partial charge in [0.15, 0.2) is 0 Å². The average Bonchev–Trinajstić information content (AvgIpc) is 3.42. The number of piperazine rings is 1. The summed E-state index contributed by atoms with van der Waals surface area (Å²) in [6.07, 6.45) is 1.21. The summed E-state index contributed by atoms with van der Waals surface area (Å²) >= 11 is 1.77. The summed E-state index contributed by atoms with van der Waals surface area (Å²) in [5.41, 5.74) is 1.92. The number of carbonyl (C=O) groups is 1. The lowest BCUT2D eigenvalue weighted by molar-refractivity contribution is -0.944. The van der Waals surface area contributed by atoms with Gasteiger partial charge in [-0.05, 0) is 66.9 Å². The number of aromatic nitrogens is 1. The van der Waals surface area contributed by atoms with Gasteiger partial charge in [-0.25, -0.2) is 4.79 Å². The highest BCUT2D eigenvalue weighted by Gasteiger charge is 2.34. The molecule has 10 heteroatoms. The third kappa shape index (κ3) is 7.03. The van der Waals surface area contributed by atoms with Crippen molar-refractivity contribution in [2.24, 2.45) is 0 Å². The molecule has 1 aliphatic rings. The van der Waals surface area contributed by atoms with Crippen molar-refractivity contribution in [3.8, 4) is 5.75 Å². The van der Waals surface area contributed by atoms with Crippen LogP contribution in [0.2, 0.25) is 0 Å². The Balaban J connectivity index is 0.00000353. The minimum absolute atomic E-state index is 0. The van der Waals surface area contributed by atoms with Gasteiger partial charge in [0, 0.05) is 27.9 Å². The zero-order valence-electron chi connectivity index (χ0n) is 22.1. The molecule has 0 aliphatic carbocycles. The number of thiophene rings is 1. The van der Waals surface area contributed by atoms with Crippen LogP contribution in [0, 0.1) is 0 Å². The first-order valence-electron chi connectivity index (χ1n) is 13.2. The molecule has 0 amide bonds. The predicted molar refractivity (Wildman–Crippen MR) is 151 cm³/mol. The number of hydrogen-bond acceptors (Lipinski definition) is 7. The van der Waals surface area contributed by atoms with Gasteiger partial charge in [-0.3, -0.25) is 9.28 Å². The summed E-state index contributed by atoms with van der Waals surface area (Å²) in [7, 11) is 0. The number of rotatable bonds is 10. The molecule has 1 saturated heterocycles. The van der Waals surface area contributed by atoms with Crippen LogP contribution in [0.3, 0.4) is 0 Å². The summed E-state index contributed by atoms with van der Waals surface area (Å²) in [6, 6.07) is 17.8. The Bertz CT molecular complexity index is 1450. The Kier molecular flexibility index (Phi) is 9.72. The third-order valence-corrected chi connectivity index (χ3v) is 8.09. The Morgan fingerprint density at radius 3 is 2.69 bits per heavy atom. The van der Waals surface area contributed by atoms with E-state index in [0.717, 1.165) is 62.2 Å². The number of aromatic amines is 1. The summed E-state index contributed by atoms with van der Waals surface area (Å²) in [5, 5.41) is 4.42. The lowest BCUT2D eigenvalue weighted by Crippen LogP contribution is -3.00. The van der Waals surface area contributed by atoms with Gasteiger partial charge in [0.2, 0.25) is 12.3 Å². The molecule has 2 aromatic carbocycles. The number of unbranched alkanes of at least 4 members (excludes halogenated alkanes) is 1. The van der Waals surface area contributed by atoms with E-state index in [1.807, 2.05) is 18.2 Å². The fourth-order valence-corrected chi connectivity index (χ4v) is 5.92. The van der Waals surface area contributed by atoms with Crippen molar-refractivity contribution < 1.29 is 35.9 Å². The van der Waals surface area contributed by atoms with Crippen LogP contribution in [0.15, 0.2) is 64.8 Å². The molecule has 1 N–H and O–H groups in total. The van der Waals surface area contributed by atoms with Crippen LogP contribution in [0.4, 0.5) is 10.5 Å². The van der Waals surface area contributed by atoms with E-state index in [0.29, 0.717) is 24.4 Å². The number of ether oxygens (including phenoxy) is 3. The van der Waals surface area contributed by atoms with E-state index in [-0.39, 0.29) is 18.0 Å². The van der Waals surface area contributed by atoms with Crippen molar-refractivity contribution in [2.75, 3.05) is 57.6 Å². The average molecular weight is 572 g/mol. The maximum Gasteiger partial charge on any atom is 0.512 e. The number of nitrogens with zero attached hydrogens (tertiary/aromatic N) is 2. The fourth-order valence-electron chi connectivity index (χ4n) is 5.11. The lowest BCUT2D eigenvalue weighted by Gasteiger charge is -2.44. The van der Waals surface area contributed by atoms with Crippen LogP contribution < -0.4 is 27.6 Å². The van der Waals surface area contributed by atoms with E-state index in [2.05, 4.69) is 39.5 Å². The van der Waals surface area contributed by atoms with Crippen molar-refractivity contribution >= 4 is 44.2 Å². The molecule has 1 aliphatic heterocycles. The zero-order valence-corrected chi connectivity index (χ0v) is 23.6. The van der Waals surface area contributed by atoms with Crippen molar-refractivity contribution in [3.63, 3.8) is 0 Å². The maximum absolute atomic E-state index is 12.0. The van der Waals surface area contributed by atoms with Crippen LogP contribution in [-0.4, -0.2) is 68.3 Å². The highest BCUT2D eigenvalue weighted by Crippen LogP contribution is 2.32. The Labute approximate surface area is 238 Å². The van der Waals surface area contributed by atoms with Crippen molar-refractivity contribution in [1.82, 2.24) is 4.98 Å². The van der Waals surface area contributed by atoms with Crippen LogP contribution in [-0.2, 0) is 9.47 Å². The van der Waals surface area contributed by atoms with Gasteiger partial charge < -0.3 is 36.5 Å². The van der Waals surface area contributed by atoms with Crippen LogP contribution >= 0.6 is 11.3 Å². The van der Waals surface area contributed by atoms with Gasteiger partial charge in [-0.2, -0.15) is 0 Å². The molecular formula is C29H34ClN3O5S. The maximum atomic E-state index is 12.0. The number of pyridine rings is 1. The number of hydrogen-bond donors (Lipinski definition) is 1. The molecule has 0 unspecified atom stereocenters. The Hall–Kier alpha value is -3.27. The molecule has 208 valence electrons. The molecule has 39 heavy (non-hydrogen) atoms. The molecule has 3 heterocycles. The Morgan fingerprint density at radius 1 is 1.05 bits per heavy atom. The minimum atomic E-state index is -0.604. The van der Waals surface area contributed by atoms with Crippen molar-refractivity contribution in [3.05, 3.63) is 70.3 Å².